The Labute approximate surface area is 83.9 Å². The summed E-state index contributed by atoms with van der Waals surface area (Å²) >= 11 is 1.81. The van der Waals surface area contributed by atoms with Crippen molar-refractivity contribution in [2.24, 2.45) is 5.92 Å². The van der Waals surface area contributed by atoms with Crippen molar-refractivity contribution >= 4 is 17.4 Å². The lowest BCUT2D eigenvalue weighted by Gasteiger charge is -2.05. The van der Waals surface area contributed by atoms with Gasteiger partial charge < -0.3 is 5.73 Å². The molecule has 0 unspecified atom stereocenters. The van der Waals surface area contributed by atoms with Crippen molar-refractivity contribution in [2.75, 3.05) is 11.5 Å². The lowest BCUT2D eigenvalue weighted by atomic mass is 10.2. The summed E-state index contributed by atoms with van der Waals surface area (Å²) in [6.07, 6.45) is 4.72. The largest absolute Gasteiger partial charge is 0.397 e. The van der Waals surface area contributed by atoms with Crippen LogP contribution in [0.25, 0.3) is 0 Å². The number of nitrogen functional groups attached to an aromatic ring is 1. The highest BCUT2D eigenvalue weighted by Gasteiger charge is 1.99. The predicted molar refractivity (Wildman–Crippen MR) is 58.8 cm³/mol. The average Bonchev–Trinajstić information content (AvgIpc) is 2.08. The fraction of sp³-hybridized carbons (Fsp3) is 0.500. The molecule has 1 aromatic rings. The van der Waals surface area contributed by atoms with Gasteiger partial charge in [-0.05, 0) is 24.2 Å². The molecule has 1 aromatic heterocycles. The van der Waals surface area contributed by atoms with Gasteiger partial charge in [0.25, 0.3) is 0 Å². The van der Waals surface area contributed by atoms with Gasteiger partial charge in [0.1, 0.15) is 0 Å². The van der Waals surface area contributed by atoms with E-state index >= 15 is 0 Å². The Morgan fingerprint density at radius 3 is 2.92 bits per heavy atom. The molecule has 0 spiro atoms. The fourth-order valence-corrected chi connectivity index (χ4v) is 2.12. The van der Waals surface area contributed by atoms with E-state index in [1.807, 2.05) is 17.8 Å². The van der Waals surface area contributed by atoms with Gasteiger partial charge in [-0.3, -0.25) is 4.98 Å². The first-order chi connectivity index (χ1) is 6.20. The second kappa shape index (κ2) is 5.12. The van der Waals surface area contributed by atoms with Crippen LogP contribution in [-0.2, 0) is 0 Å². The molecule has 0 fully saturated rings. The Morgan fingerprint density at radius 1 is 1.54 bits per heavy atom. The predicted octanol–water partition coefficient (Wildman–Crippen LogP) is 2.80. The summed E-state index contributed by atoms with van der Waals surface area (Å²) < 4.78 is 0. The summed E-state index contributed by atoms with van der Waals surface area (Å²) in [4.78, 5) is 5.10. The number of anilines is 1. The molecule has 1 rings (SSSR count). The zero-order chi connectivity index (χ0) is 9.68. The Kier molecular flexibility index (Phi) is 4.09. The SMILES string of the molecule is CC(C)CCSc1ccncc1N. The van der Waals surface area contributed by atoms with Crippen LogP contribution in [0, 0.1) is 5.92 Å². The lowest BCUT2D eigenvalue weighted by Crippen LogP contribution is -1.92. The zero-order valence-electron chi connectivity index (χ0n) is 8.16. The van der Waals surface area contributed by atoms with E-state index in [4.69, 9.17) is 5.73 Å². The molecule has 0 amide bonds. The number of rotatable bonds is 4. The molecule has 2 nitrogen and oxygen atoms in total. The molecule has 0 saturated carbocycles. The molecule has 0 radical (unpaired) electrons. The van der Waals surface area contributed by atoms with Crippen LogP contribution in [0.5, 0.6) is 0 Å². The van der Waals surface area contributed by atoms with Crippen molar-refractivity contribution < 1.29 is 0 Å². The molecule has 1 heterocycles. The van der Waals surface area contributed by atoms with E-state index in [-0.39, 0.29) is 0 Å². The molecule has 0 aliphatic heterocycles. The number of hydrogen-bond donors (Lipinski definition) is 1. The van der Waals surface area contributed by atoms with Crippen LogP contribution in [0.4, 0.5) is 5.69 Å². The maximum absolute atomic E-state index is 5.75. The Hall–Kier alpha value is -0.700. The monoisotopic (exact) mass is 196 g/mol. The summed E-state index contributed by atoms with van der Waals surface area (Å²) in [5.41, 5.74) is 6.54. The van der Waals surface area contributed by atoms with E-state index in [1.165, 1.54) is 6.42 Å². The molecule has 0 aromatic carbocycles. The minimum absolute atomic E-state index is 0.760. The quantitative estimate of drug-likeness (QED) is 0.753. The minimum Gasteiger partial charge on any atom is -0.397 e. The summed E-state index contributed by atoms with van der Waals surface area (Å²) in [5, 5.41) is 0. The van der Waals surface area contributed by atoms with Crippen LogP contribution >= 0.6 is 11.8 Å². The minimum atomic E-state index is 0.760. The maximum atomic E-state index is 5.75. The highest BCUT2D eigenvalue weighted by atomic mass is 32.2. The lowest BCUT2D eigenvalue weighted by molar-refractivity contribution is 0.632. The van der Waals surface area contributed by atoms with Crippen LogP contribution in [0.15, 0.2) is 23.4 Å². The van der Waals surface area contributed by atoms with Crippen molar-refractivity contribution in [3.63, 3.8) is 0 Å². The van der Waals surface area contributed by atoms with Crippen molar-refractivity contribution in [2.45, 2.75) is 25.2 Å². The maximum Gasteiger partial charge on any atom is 0.0638 e. The van der Waals surface area contributed by atoms with E-state index < -0.39 is 0 Å². The van der Waals surface area contributed by atoms with Gasteiger partial charge >= 0.3 is 0 Å². The van der Waals surface area contributed by atoms with Crippen LogP contribution in [0.2, 0.25) is 0 Å². The molecular formula is C10H16N2S. The molecular weight excluding hydrogens is 180 g/mol. The first-order valence-corrected chi connectivity index (χ1v) is 5.51. The third-order valence-corrected chi connectivity index (χ3v) is 2.89. The molecule has 3 heteroatoms. The molecule has 0 aliphatic carbocycles. The van der Waals surface area contributed by atoms with Crippen LogP contribution in [0.1, 0.15) is 20.3 Å². The number of nitrogens with zero attached hydrogens (tertiary/aromatic N) is 1. The summed E-state index contributed by atoms with van der Waals surface area (Å²) in [6.45, 7) is 4.47. The van der Waals surface area contributed by atoms with E-state index in [9.17, 15) is 0 Å². The normalized spacial score (nSPS) is 10.7. The van der Waals surface area contributed by atoms with Gasteiger partial charge in [0.05, 0.1) is 11.9 Å². The Bertz CT molecular complexity index is 261. The van der Waals surface area contributed by atoms with Gasteiger partial charge in [-0.15, -0.1) is 11.8 Å². The zero-order valence-corrected chi connectivity index (χ0v) is 8.97. The number of thioether (sulfide) groups is 1. The van der Waals surface area contributed by atoms with Crippen molar-refractivity contribution in [3.8, 4) is 0 Å². The standard InChI is InChI=1S/C10H16N2S/c1-8(2)4-6-13-10-3-5-12-7-9(10)11/h3,5,7-8H,4,6,11H2,1-2H3. The Morgan fingerprint density at radius 2 is 2.31 bits per heavy atom. The molecule has 13 heavy (non-hydrogen) atoms. The van der Waals surface area contributed by atoms with E-state index in [2.05, 4.69) is 18.8 Å². The number of pyridine rings is 1. The highest BCUT2D eigenvalue weighted by Crippen LogP contribution is 2.24. The van der Waals surface area contributed by atoms with Crippen LogP contribution in [0.3, 0.4) is 0 Å². The summed E-state index contributed by atoms with van der Waals surface area (Å²) in [5.74, 6) is 1.89. The number of hydrogen-bond acceptors (Lipinski definition) is 3. The first-order valence-electron chi connectivity index (χ1n) is 4.52. The molecule has 0 saturated heterocycles. The van der Waals surface area contributed by atoms with Crippen LogP contribution < -0.4 is 5.73 Å². The highest BCUT2D eigenvalue weighted by molar-refractivity contribution is 7.99. The smallest absolute Gasteiger partial charge is 0.0638 e. The van der Waals surface area contributed by atoms with Crippen molar-refractivity contribution in [1.82, 2.24) is 4.98 Å². The van der Waals surface area contributed by atoms with Gasteiger partial charge in [-0.25, -0.2) is 0 Å². The van der Waals surface area contributed by atoms with Gasteiger partial charge in [0.2, 0.25) is 0 Å². The van der Waals surface area contributed by atoms with Gasteiger partial charge in [-0.2, -0.15) is 0 Å². The first kappa shape index (κ1) is 10.4. The van der Waals surface area contributed by atoms with Crippen molar-refractivity contribution in [3.05, 3.63) is 18.5 Å². The fourth-order valence-electron chi connectivity index (χ4n) is 0.930. The summed E-state index contributed by atoms with van der Waals surface area (Å²) in [6, 6.07) is 1.97. The summed E-state index contributed by atoms with van der Waals surface area (Å²) in [7, 11) is 0. The van der Waals surface area contributed by atoms with E-state index in [0.717, 1.165) is 22.3 Å². The number of aromatic nitrogens is 1. The molecule has 72 valence electrons. The topological polar surface area (TPSA) is 38.9 Å². The van der Waals surface area contributed by atoms with Gasteiger partial charge in [0.15, 0.2) is 0 Å². The second-order valence-electron chi connectivity index (χ2n) is 3.44. The van der Waals surface area contributed by atoms with Crippen LogP contribution in [-0.4, -0.2) is 10.7 Å². The third kappa shape index (κ3) is 3.68. The molecule has 0 bridgehead atoms. The second-order valence-corrected chi connectivity index (χ2v) is 4.58. The van der Waals surface area contributed by atoms with E-state index in [1.54, 1.807) is 12.4 Å². The van der Waals surface area contributed by atoms with Gasteiger partial charge in [-0.1, -0.05) is 13.8 Å². The molecule has 0 aliphatic rings. The van der Waals surface area contributed by atoms with Gasteiger partial charge in [0, 0.05) is 11.1 Å². The molecule has 2 N–H and O–H groups in total. The Balaban J connectivity index is 2.41. The third-order valence-electron chi connectivity index (χ3n) is 1.76. The average molecular weight is 196 g/mol. The number of nitrogens with two attached hydrogens (primary N) is 1. The molecule has 0 atom stereocenters. The van der Waals surface area contributed by atoms with Crippen molar-refractivity contribution in [1.29, 1.82) is 0 Å². The van der Waals surface area contributed by atoms with E-state index in [0.29, 0.717) is 0 Å².